The van der Waals surface area contributed by atoms with Crippen LogP contribution in [0.3, 0.4) is 0 Å². The van der Waals surface area contributed by atoms with Gasteiger partial charge in [0.1, 0.15) is 5.82 Å². The number of carbonyl (C=O) groups excluding carboxylic acids is 2. The van der Waals surface area contributed by atoms with Crippen LogP contribution in [-0.4, -0.2) is 34.9 Å². The summed E-state index contributed by atoms with van der Waals surface area (Å²) in [5, 5.41) is 6.75. The van der Waals surface area contributed by atoms with Gasteiger partial charge in [-0.1, -0.05) is 24.3 Å². The molecule has 164 valence electrons. The second-order valence-corrected chi connectivity index (χ2v) is 7.97. The van der Waals surface area contributed by atoms with Crippen molar-refractivity contribution in [3.8, 4) is 0 Å². The predicted molar refractivity (Wildman–Crippen MR) is 130 cm³/mol. The van der Waals surface area contributed by atoms with Crippen LogP contribution in [0.25, 0.3) is 10.9 Å². The summed E-state index contributed by atoms with van der Waals surface area (Å²) in [6.07, 6.45) is 5.33. The monoisotopic (exact) mass is 437 g/mol. The van der Waals surface area contributed by atoms with Crippen LogP contribution in [0.5, 0.6) is 0 Å². The molecule has 2 amide bonds. The van der Waals surface area contributed by atoms with Crippen molar-refractivity contribution in [1.82, 2.24) is 9.97 Å². The van der Waals surface area contributed by atoms with E-state index in [4.69, 9.17) is 4.98 Å². The fourth-order valence-electron chi connectivity index (χ4n) is 4.02. The Labute approximate surface area is 191 Å². The molecular weight excluding hydrogens is 414 g/mol. The van der Waals surface area contributed by atoms with Gasteiger partial charge in [0, 0.05) is 47.8 Å². The lowest BCUT2D eigenvalue weighted by Crippen LogP contribution is -2.24. The van der Waals surface area contributed by atoms with E-state index in [2.05, 4.69) is 20.5 Å². The van der Waals surface area contributed by atoms with Gasteiger partial charge in [-0.05, 0) is 55.3 Å². The summed E-state index contributed by atoms with van der Waals surface area (Å²) < 4.78 is 0. The number of nitrogens with one attached hydrogen (secondary N) is 2. The van der Waals surface area contributed by atoms with E-state index >= 15 is 0 Å². The summed E-state index contributed by atoms with van der Waals surface area (Å²) >= 11 is 0. The molecule has 7 heteroatoms. The highest BCUT2D eigenvalue weighted by atomic mass is 16.2. The normalized spacial score (nSPS) is 13.2. The number of rotatable bonds is 5. The summed E-state index contributed by atoms with van der Waals surface area (Å²) in [6, 6.07) is 20.1. The molecule has 1 saturated heterocycles. The molecule has 0 bridgehead atoms. The highest BCUT2D eigenvalue weighted by molar-refractivity contribution is 6.10. The van der Waals surface area contributed by atoms with Crippen LogP contribution in [0.1, 0.15) is 33.6 Å². The zero-order chi connectivity index (χ0) is 22.6. The molecule has 1 aliphatic heterocycles. The van der Waals surface area contributed by atoms with E-state index in [1.54, 1.807) is 48.8 Å². The number of para-hydroxylation sites is 1. The summed E-state index contributed by atoms with van der Waals surface area (Å²) in [6.45, 7) is 1.78. The third-order valence-electron chi connectivity index (χ3n) is 5.67. The zero-order valence-electron chi connectivity index (χ0n) is 18.0. The molecule has 4 aromatic rings. The van der Waals surface area contributed by atoms with E-state index in [0.29, 0.717) is 28.3 Å². The second kappa shape index (κ2) is 9.08. The number of benzene rings is 2. The van der Waals surface area contributed by atoms with Crippen LogP contribution in [0.2, 0.25) is 0 Å². The molecule has 0 spiro atoms. The molecular formula is C26H23N5O2. The maximum atomic E-state index is 13.3. The van der Waals surface area contributed by atoms with Crippen molar-refractivity contribution in [2.75, 3.05) is 28.6 Å². The van der Waals surface area contributed by atoms with Crippen molar-refractivity contribution >= 4 is 39.9 Å². The number of hydrogen-bond acceptors (Lipinski definition) is 5. The predicted octanol–water partition coefficient (Wildman–Crippen LogP) is 4.73. The van der Waals surface area contributed by atoms with Gasteiger partial charge in [0.15, 0.2) is 0 Å². The van der Waals surface area contributed by atoms with Gasteiger partial charge in [0.2, 0.25) is 0 Å². The van der Waals surface area contributed by atoms with E-state index < -0.39 is 0 Å². The first-order valence-electron chi connectivity index (χ1n) is 10.9. The van der Waals surface area contributed by atoms with E-state index in [-0.39, 0.29) is 11.8 Å². The van der Waals surface area contributed by atoms with Crippen molar-refractivity contribution in [3.05, 3.63) is 90.3 Å². The molecule has 33 heavy (non-hydrogen) atoms. The maximum absolute atomic E-state index is 13.3. The summed E-state index contributed by atoms with van der Waals surface area (Å²) in [7, 11) is 0. The van der Waals surface area contributed by atoms with E-state index in [9.17, 15) is 9.59 Å². The molecule has 2 aromatic heterocycles. The van der Waals surface area contributed by atoms with Crippen LogP contribution in [0.4, 0.5) is 17.2 Å². The Balaban J connectivity index is 1.40. The minimum Gasteiger partial charge on any atom is -0.356 e. The van der Waals surface area contributed by atoms with E-state index in [1.165, 1.54) is 0 Å². The Morgan fingerprint density at radius 1 is 0.788 bits per heavy atom. The number of fused-ring (bicyclic) bond motifs is 1. The Bertz CT molecular complexity index is 1320. The largest absolute Gasteiger partial charge is 0.356 e. The number of carbonyl (C=O) groups is 2. The number of pyridine rings is 2. The molecule has 0 saturated carbocycles. The standard InChI is InChI=1S/C26H23N5O2/c32-25(18-10-12-27-13-11-18)28-20-7-5-8-21(17-20)29-26(33)22-16-19-6-1-2-9-23(19)30-24(22)31-14-3-4-15-31/h1-2,5-13,16-17H,3-4,14-15H2,(H,28,32)(H,29,33). The quantitative estimate of drug-likeness (QED) is 0.471. The average Bonchev–Trinajstić information content (AvgIpc) is 3.39. The third-order valence-corrected chi connectivity index (χ3v) is 5.67. The van der Waals surface area contributed by atoms with Crippen molar-refractivity contribution in [3.63, 3.8) is 0 Å². The second-order valence-electron chi connectivity index (χ2n) is 7.97. The first kappa shape index (κ1) is 20.6. The number of amides is 2. The molecule has 1 fully saturated rings. The van der Waals surface area contributed by atoms with E-state index in [0.717, 1.165) is 36.8 Å². The van der Waals surface area contributed by atoms with Gasteiger partial charge >= 0.3 is 0 Å². The number of nitrogens with zero attached hydrogens (tertiary/aromatic N) is 3. The van der Waals surface area contributed by atoms with Crippen LogP contribution in [0, 0.1) is 0 Å². The minimum absolute atomic E-state index is 0.229. The number of hydrogen-bond donors (Lipinski definition) is 2. The van der Waals surface area contributed by atoms with Crippen molar-refractivity contribution in [2.24, 2.45) is 0 Å². The van der Waals surface area contributed by atoms with Gasteiger partial charge in [0.05, 0.1) is 11.1 Å². The lowest BCUT2D eigenvalue weighted by atomic mass is 10.1. The Kier molecular flexibility index (Phi) is 5.68. The van der Waals surface area contributed by atoms with Gasteiger partial charge < -0.3 is 15.5 Å². The van der Waals surface area contributed by atoms with Gasteiger partial charge in [-0.25, -0.2) is 4.98 Å². The molecule has 7 nitrogen and oxygen atoms in total. The fraction of sp³-hybridized carbons (Fsp3) is 0.154. The number of aromatic nitrogens is 2. The van der Waals surface area contributed by atoms with Crippen LogP contribution in [0.15, 0.2) is 79.1 Å². The SMILES string of the molecule is O=C(Nc1cccc(NC(=O)c2cc3ccccc3nc2N2CCCC2)c1)c1ccncc1. The minimum atomic E-state index is -0.240. The highest BCUT2D eigenvalue weighted by Gasteiger charge is 2.22. The van der Waals surface area contributed by atoms with Gasteiger partial charge in [0.25, 0.3) is 11.8 Å². The van der Waals surface area contributed by atoms with Crippen molar-refractivity contribution < 1.29 is 9.59 Å². The van der Waals surface area contributed by atoms with Gasteiger partial charge in [-0.3, -0.25) is 14.6 Å². The van der Waals surface area contributed by atoms with Gasteiger partial charge in [-0.2, -0.15) is 0 Å². The first-order valence-corrected chi connectivity index (χ1v) is 10.9. The van der Waals surface area contributed by atoms with E-state index in [1.807, 2.05) is 30.3 Å². The Hall–Kier alpha value is -4.26. The molecule has 2 N–H and O–H groups in total. The summed E-state index contributed by atoms with van der Waals surface area (Å²) in [5.41, 5.74) is 3.11. The molecule has 0 aliphatic carbocycles. The van der Waals surface area contributed by atoms with Crippen LogP contribution in [-0.2, 0) is 0 Å². The third kappa shape index (κ3) is 4.52. The average molecular weight is 438 g/mol. The molecule has 2 aromatic carbocycles. The molecule has 0 unspecified atom stereocenters. The topological polar surface area (TPSA) is 87.2 Å². The van der Waals surface area contributed by atoms with Crippen LogP contribution < -0.4 is 15.5 Å². The maximum Gasteiger partial charge on any atom is 0.259 e. The van der Waals surface area contributed by atoms with Gasteiger partial charge in [-0.15, -0.1) is 0 Å². The Morgan fingerprint density at radius 3 is 2.24 bits per heavy atom. The smallest absolute Gasteiger partial charge is 0.259 e. The van der Waals surface area contributed by atoms with Crippen LogP contribution >= 0.6 is 0 Å². The zero-order valence-corrected chi connectivity index (χ0v) is 18.0. The highest BCUT2D eigenvalue weighted by Crippen LogP contribution is 2.28. The molecule has 0 radical (unpaired) electrons. The fourth-order valence-corrected chi connectivity index (χ4v) is 4.02. The molecule has 3 heterocycles. The first-order chi connectivity index (χ1) is 16.2. The Morgan fingerprint density at radius 2 is 1.48 bits per heavy atom. The lowest BCUT2D eigenvalue weighted by molar-refractivity contribution is 0.101. The lowest BCUT2D eigenvalue weighted by Gasteiger charge is -2.20. The molecule has 5 rings (SSSR count). The van der Waals surface area contributed by atoms with Crippen molar-refractivity contribution in [1.29, 1.82) is 0 Å². The summed E-state index contributed by atoms with van der Waals surface area (Å²) in [5.74, 6) is 0.245. The summed E-state index contributed by atoms with van der Waals surface area (Å²) in [4.78, 5) is 36.7. The van der Waals surface area contributed by atoms with Crippen molar-refractivity contribution in [2.45, 2.75) is 12.8 Å². The number of anilines is 3. The molecule has 1 aliphatic rings. The molecule has 0 atom stereocenters.